The molecule has 0 bridgehead atoms. The number of nitrogens with one attached hydrogen (secondary N) is 1. The molecule has 186 valence electrons. The zero-order valence-corrected chi connectivity index (χ0v) is 20.7. The van der Waals surface area contributed by atoms with Crippen molar-refractivity contribution in [1.29, 1.82) is 0 Å². The molecule has 5 aromatic rings. The first-order valence-corrected chi connectivity index (χ1v) is 12.3. The van der Waals surface area contributed by atoms with Gasteiger partial charge in [0.05, 0.1) is 30.2 Å². The third kappa shape index (κ3) is 3.89. The van der Waals surface area contributed by atoms with E-state index in [1.54, 1.807) is 12.5 Å². The Bertz CT molecular complexity index is 1630. The highest BCUT2D eigenvalue weighted by Gasteiger charge is 2.46. The highest BCUT2D eigenvalue weighted by molar-refractivity contribution is 5.87. The molecule has 0 radical (unpaired) electrons. The third-order valence-corrected chi connectivity index (χ3v) is 7.25. The summed E-state index contributed by atoms with van der Waals surface area (Å²) in [4.78, 5) is 24.8. The van der Waals surface area contributed by atoms with Crippen LogP contribution in [0.5, 0.6) is 11.5 Å². The Morgan fingerprint density at radius 3 is 2.78 bits per heavy atom. The minimum Gasteiger partial charge on any atom is -0.457 e. The van der Waals surface area contributed by atoms with Crippen molar-refractivity contribution in [1.82, 2.24) is 29.5 Å². The van der Waals surface area contributed by atoms with Crippen molar-refractivity contribution in [2.45, 2.75) is 13.3 Å². The number of nitrogens with zero attached hydrogens (tertiary/aromatic N) is 7. The number of anilines is 3. The summed E-state index contributed by atoms with van der Waals surface area (Å²) in [6.45, 7) is 5.53. The fraction of sp³-hybridized carbons (Fsp3) is 0.296. The van der Waals surface area contributed by atoms with Gasteiger partial charge in [-0.05, 0) is 49.2 Å². The quantitative estimate of drug-likeness (QED) is 0.381. The predicted molar refractivity (Wildman–Crippen MR) is 140 cm³/mol. The molecule has 0 saturated carbocycles. The summed E-state index contributed by atoms with van der Waals surface area (Å²) >= 11 is 0. The second kappa shape index (κ2) is 8.38. The van der Waals surface area contributed by atoms with E-state index in [-0.39, 0.29) is 5.41 Å². The van der Waals surface area contributed by atoms with Crippen LogP contribution in [0.4, 0.5) is 17.5 Å². The molecular formula is C27H26N8O2. The Kier molecular flexibility index (Phi) is 4.97. The van der Waals surface area contributed by atoms with Gasteiger partial charge in [-0.1, -0.05) is 0 Å². The maximum absolute atomic E-state index is 6.16. The lowest BCUT2D eigenvalue weighted by Crippen LogP contribution is -2.57. The first kappa shape index (κ1) is 21.9. The second-order valence-corrected chi connectivity index (χ2v) is 10.00. The van der Waals surface area contributed by atoms with Crippen LogP contribution in [-0.2, 0) is 11.8 Å². The van der Waals surface area contributed by atoms with E-state index in [0.717, 1.165) is 66.5 Å². The molecule has 10 heteroatoms. The Balaban J connectivity index is 1.11. The zero-order valence-electron chi connectivity index (χ0n) is 20.7. The van der Waals surface area contributed by atoms with Crippen molar-refractivity contribution in [3.63, 3.8) is 0 Å². The Hall–Kier alpha value is -4.31. The van der Waals surface area contributed by atoms with E-state index in [0.29, 0.717) is 22.8 Å². The minimum absolute atomic E-state index is 0.261. The van der Waals surface area contributed by atoms with Gasteiger partial charge in [0.25, 0.3) is 0 Å². The van der Waals surface area contributed by atoms with Gasteiger partial charge >= 0.3 is 0 Å². The van der Waals surface area contributed by atoms with Crippen LogP contribution in [-0.4, -0.2) is 55.8 Å². The first-order chi connectivity index (χ1) is 18.1. The standard InChI is InChI=1S/C27H26N8O2/c1-17-9-18(3-6-23(17)37-19-4-5-22-20(10-19)31-16-34(22)2)32-25-24-21(29-15-30-25)11-28-26(33-24)35-12-27(13-35)7-8-36-14-27/h3-6,9-11,15-16H,7-8,12-14H2,1-2H3,(H,29,30,32). The summed E-state index contributed by atoms with van der Waals surface area (Å²) < 4.78 is 13.8. The molecule has 10 nitrogen and oxygen atoms in total. The molecule has 2 aromatic carbocycles. The number of rotatable bonds is 5. The fourth-order valence-electron chi connectivity index (χ4n) is 5.18. The lowest BCUT2D eigenvalue weighted by atomic mass is 9.79. The largest absolute Gasteiger partial charge is 0.457 e. The maximum Gasteiger partial charge on any atom is 0.226 e. The summed E-state index contributed by atoms with van der Waals surface area (Å²) in [6, 6.07) is 11.9. The van der Waals surface area contributed by atoms with E-state index < -0.39 is 0 Å². The van der Waals surface area contributed by atoms with Gasteiger partial charge in [-0.15, -0.1) is 0 Å². The molecule has 0 atom stereocenters. The Morgan fingerprint density at radius 2 is 1.95 bits per heavy atom. The average molecular weight is 495 g/mol. The molecule has 0 aliphatic carbocycles. The normalized spacial score (nSPS) is 16.4. The van der Waals surface area contributed by atoms with Crippen molar-refractivity contribution in [2.75, 3.05) is 36.5 Å². The van der Waals surface area contributed by atoms with Crippen molar-refractivity contribution >= 4 is 39.5 Å². The molecule has 1 spiro atoms. The number of aryl methyl sites for hydroxylation is 2. The van der Waals surface area contributed by atoms with Crippen molar-refractivity contribution in [2.24, 2.45) is 12.5 Å². The van der Waals surface area contributed by atoms with Crippen LogP contribution in [0.3, 0.4) is 0 Å². The van der Waals surface area contributed by atoms with E-state index in [1.165, 1.54) is 6.33 Å². The van der Waals surface area contributed by atoms with Crippen LogP contribution in [0.15, 0.2) is 55.2 Å². The Morgan fingerprint density at radius 1 is 1.03 bits per heavy atom. The van der Waals surface area contributed by atoms with Crippen LogP contribution in [0.2, 0.25) is 0 Å². The topological polar surface area (TPSA) is 103 Å². The lowest BCUT2D eigenvalue weighted by molar-refractivity contribution is 0.130. The molecule has 7 rings (SSSR count). The number of hydrogen-bond acceptors (Lipinski definition) is 9. The molecule has 0 amide bonds. The highest BCUT2D eigenvalue weighted by atomic mass is 16.5. The van der Waals surface area contributed by atoms with Gasteiger partial charge < -0.3 is 24.3 Å². The van der Waals surface area contributed by atoms with Gasteiger partial charge in [-0.25, -0.2) is 24.9 Å². The monoisotopic (exact) mass is 494 g/mol. The molecule has 0 unspecified atom stereocenters. The first-order valence-electron chi connectivity index (χ1n) is 12.3. The Labute approximate surface area is 213 Å². The number of aromatic nitrogens is 6. The average Bonchev–Trinajstić information content (AvgIpc) is 3.52. The number of imidazole rings is 1. The van der Waals surface area contributed by atoms with Crippen LogP contribution in [0.1, 0.15) is 12.0 Å². The van der Waals surface area contributed by atoms with Crippen molar-refractivity contribution in [3.05, 3.63) is 60.8 Å². The van der Waals surface area contributed by atoms with E-state index in [1.807, 2.05) is 54.9 Å². The van der Waals surface area contributed by atoms with E-state index in [2.05, 4.69) is 30.2 Å². The molecular weight excluding hydrogens is 468 g/mol. The van der Waals surface area contributed by atoms with Gasteiger partial charge in [0, 0.05) is 43.9 Å². The molecule has 3 aromatic heterocycles. The molecule has 2 saturated heterocycles. The van der Waals surface area contributed by atoms with Crippen molar-refractivity contribution in [3.8, 4) is 11.5 Å². The van der Waals surface area contributed by atoms with Crippen LogP contribution < -0.4 is 15.0 Å². The van der Waals surface area contributed by atoms with Crippen LogP contribution in [0.25, 0.3) is 22.1 Å². The minimum atomic E-state index is 0.261. The van der Waals surface area contributed by atoms with Crippen molar-refractivity contribution < 1.29 is 9.47 Å². The zero-order chi connectivity index (χ0) is 25.0. The van der Waals surface area contributed by atoms with Crippen LogP contribution >= 0.6 is 0 Å². The summed E-state index contributed by atoms with van der Waals surface area (Å²) in [6.07, 6.45) is 6.20. The van der Waals surface area contributed by atoms with E-state index in [9.17, 15) is 0 Å². The van der Waals surface area contributed by atoms with Gasteiger partial charge in [-0.3, -0.25) is 0 Å². The maximum atomic E-state index is 6.16. The molecule has 2 aliphatic heterocycles. The van der Waals surface area contributed by atoms with Crippen LogP contribution in [0, 0.1) is 12.3 Å². The van der Waals surface area contributed by atoms with Gasteiger partial charge in [0.2, 0.25) is 5.95 Å². The fourth-order valence-corrected chi connectivity index (χ4v) is 5.18. The smallest absolute Gasteiger partial charge is 0.226 e. The highest BCUT2D eigenvalue weighted by Crippen LogP contribution is 2.40. The summed E-state index contributed by atoms with van der Waals surface area (Å²) in [5.74, 6) is 2.87. The summed E-state index contributed by atoms with van der Waals surface area (Å²) in [5.41, 5.74) is 5.49. The van der Waals surface area contributed by atoms with E-state index >= 15 is 0 Å². The number of ether oxygens (including phenoxy) is 2. The predicted octanol–water partition coefficient (Wildman–Crippen LogP) is 4.38. The number of benzene rings is 2. The molecule has 1 N–H and O–H groups in total. The third-order valence-electron chi connectivity index (χ3n) is 7.25. The summed E-state index contributed by atoms with van der Waals surface area (Å²) in [7, 11) is 1.98. The van der Waals surface area contributed by atoms with E-state index in [4.69, 9.17) is 14.5 Å². The van der Waals surface area contributed by atoms with Gasteiger partial charge in [0.1, 0.15) is 28.9 Å². The lowest BCUT2D eigenvalue weighted by Gasteiger charge is -2.47. The second-order valence-electron chi connectivity index (χ2n) is 10.00. The SMILES string of the molecule is Cc1cc(Nc2ncnc3cnc(N4CC5(CCOC5)C4)nc23)ccc1Oc1ccc2c(c1)ncn2C. The molecule has 37 heavy (non-hydrogen) atoms. The molecule has 5 heterocycles. The van der Waals surface area contributed by atoms with Gasteiger partial charge in [-0.2, -0.15) is 0 Å². The molecule has 2 fully saturated rings. The summed E-state index contributed by atoms with van der Waals surface area (Å²) in [5, 5.41) is 3.41. The number of hydrogen-bond donors (Lipinski definition) is 1. The molecule has 2 aliphatic rings. The number of fused-ring (bicyclic) bond motifs is 2. The van der Waals surface area contributed by atoms with Gasteiger partial charge in [0.15, 0.2) is 5.82 Å².